The average molecular weight is 346 g/mol. The van der Waals surface area contributed by atoms with E-state index in [9.17, 15) is 14.4 Å². The molecule has 1 spiro atoms. The van der Waals surface area contributed by atoms with Gasteiger partial charge in [0.25, 0.3) is 0 Å². The zero-order chi connectivity index (χ0) is 17.3. The molecule has 0 aromatic heterocycles. The molecule has 5 nitrogen and oxygen atoms in total. The molecular weight excluding hydrogens is 324 g/mol. The van der Waals surface area contributed by atoms with Crippen molar-refractivity contribution in [1.82, 2.24) is 10.2 Å². The lowest BCUT2D eigenvalue weighted by Gasteiger charge is -2.20. The first-order valence-electron chi connectivity index (χ1n) is 8.15. The van der Waals surface area contributed by atoms with Crippen molar-refractivity contribution < 1.29 is 14.4 Å². The van der Waals surface area contributed by atoms with Crippen molar-refractivity contribution >= 4 is 29.5 Å². The van der Waals surface area contributed by atoms with Gasteiger partial charge in [0.15, 0.2) is 0 Å². The Bertz CT molecular complexity index is 683. The molecule has 2 fully saturated rings. The van der Waals surface area contributed by atoms with Gasteiger partial charge in [-0.3, -0.25) is 19.7 Å². The molecule has 2 heterocycles. The third-order valence-corrected chi connectivity index (χ3v) is 5.70. The van der Waals surface area contributed by atoms with Gasteiger partial charge >= 0.3 is 0 Å². The van der Waals surface area contributed by atoms with Gasteiger partial charge in [0.1, 0.15) is 0 Å². The van der Waals surface area contributed by atoms with Crippen LogP contribution in [0.25, 0.3) is 0 Å². The standard InChI is InChI=1S/C18H22N2O3S/c1-12-5-13(2)7-14(6-12)9-24-10-16(22)20-4-3-18(11-20)8-15(21)19-17(18)23/h5-7H,3-4,8-11H2,1-2H3,(H,19,21,23)/t18-/m1/s1. The molecule has 1 aromatic rings. The molecule has 0 bridgehead atoms. The van der Waals surface area contributed by atoms with Crippen LogP contribution in [0.1, 0.15) is 29.5 Å². The van der Waals surface area contributed by atoms with E-state index in [1.165, 1.54) is 16.7 Å². The Morgan fingerprint density at radius 2 is 1.96 bits per heavy atom. The number of hydrogen-bond donors (Lipinski definition) is 1. The molecule has 1 aromatic carbocycles. The van der Waals surface area contributed by atoms with Crippen molar-refractivity contribution in [3.63, 3.8) is 0 Å². The van der Waals surface area contributed by atoms with E-state index >= 15 is 0 Å². The predicted molar refractivity (Wildman–Crippen MR) is 93.5 cm³/mol. The summed E-state index contributed by atoms with van der Waals surface area (Å²) in [6.07, 6.45) is 0.795. The molecule has 3 rings (SSSR count). The molecule has 3 amide bonds. The minimum absolute atomic E-state index is 0.0494. The van der Waals surface area contributed by atoms with Gasteiger partial charge < -0.3 is 4.90 Å². The Morgan fingerprint density at radius 3 is 2.58 bits per heavy atom. The van der Waals surface area contributed by atoms with Crippen molar-refractivity contribution in [2.75, 3.05) is 18.8 Å². The third-order valence-electron chi connectivity index (χ3n) is 4.72. The van der Waals surface area contributed by atoms with Gasteiger partial charge in [0.05, 0.1) is 11.2 Å². The van der Waals surface area contributed by atoms with E-state index in [1.54, 1.807) is 16.7 Å². The molecule has 2 saturated heterocycles. The first kappa shape index (κ1) is 17.0. The van der Waals surface area contributed by atoms with Gasteiger partial charge in [0, 0.05) is 25.3 Å². The number of nitrogens with one attached hydrogen (secondary N) is 1. The summed E-state index contributed by atoms with van der Waals surface area (Å²) in [5.41, 5.74) is 3.01. The summed E-state index contributed by atoms with van der Waals surface area (Å²) in [7, 11) is 0. The van der Waals surface area contributed by atoms with E-state index in [-0.39, 0.29) is 24.1 Å². The summed E-state index contributed by atoms with van der Waals surface area (Å²) in [5.74, 6) is 0.808. The first-order chi connectivity index (χ1) is 11.4. The number of aryl methyl sites for hydroxylation is 2. The van der Waals surface area contributed by atoms with E-state index in [4.69, 9.17) is 0 Å². The molecule has 0 aliphatic carbocycles. The molecular formula is C18H22N2O3S. The number of thioether (sulfide) groups is 1. The Balaban J connectivity index is 1.51. The monoisotopic (exact) mass is 346 g/mol. The molecule has 128 valence electrons. The first-order valence-corrected chi connectivity index (χ1v) is 9.30. The number of rotatable bonds is 4. The van der Waals surface area contributed by atoms with Crippen LogP contribution in [0.4, 0.5) is 0 Å². The number of carbonyl (C=O) groups is 3. The van der Waals surface area contributed by atoms with Crippen molar-refractivity contribution in [2.24, 2.45) is 5.41 Å². The van der Waals surface area contributed by atoms with Crippen LogP contribution in [0, 0.1) is 19.3 Å². The lowest BCUT2D eigenvalue weighted by Crippen LogP contribution is -2.37. The smallest absolute Gasteiger partial charge is 0.235 e. The van der Waals surface area contributed by atoms with Gasteiger partial charge in [0.2, 0.25) is 17.7 Å². The summed E-state index contributed by atoms with van der Waals surface area (Å²) in [6, 6.07) is 6.42. The summed E-state index contributed by atoms with van der Waals surface area (Å²) < 4.78 is 0. The third kappa shape index (κ3) is 3.48. The topological polar surface area (TPSA) is 66.5 Å². The maximum absolute atomic E-state index is 12.4. The Hall–Kier alpha value is -1.82. The van der Waals surface area contributed by atoms with Gasteiger partial charge in [-0.25, -0.2) is 0 Å². The average Bonchev–Trinajstić information content (AvgIpc) is 3.02. The van der Waals surface area contributed by atoms with Crippen LogP contribution in [-0.4, -0.2) is 41.5 Å². The number of amides is 3. The fraction of sp³-hybridized carbons (Fsp3) is 0.500. The Labute approximate surface area is 146 Å². The van der Waals surface area contributed by atoms with Crippen LogP contribution in [0.15, 0.2) is 18.2 Å². The minimum Gasteiger partial charge on any atom is -0.341 e. The van der Waals surface area contributed by atoms with Gasteiger partial charge in [-0.1, -0.05) is 29.3 Å². The molecule has 1 atom stereocenters. The van der Waals surface area contributed by atoms with Crippen LogP contribution in [-0.2, 0) is 20.1 Å². The van der Waals surface area contributed by atoms with Crippen LogP contribution < -0.4 is 5.32 Å². The molecule has 6 heteroatoms. The summed E-state index contributed by atoms with van der Waals surface area (Å²) in [6.45, 7) is 5.07. The van der Waals surface area contributed by atoms with Gasteiger partial charge in [-0.05, 0) is 25.8 Å². The van der Waals surface area contributed by atoms with Gasteiger partial charge in [-0.2, -0.15) is 0 Å². The Morgan fingerprint density at radius 1 is 1.25 bits per heavy atom. The highest BCUT2D eigenvalue weighted by atomic mass is 32.2. The van der Waals surface area contributed by atoms with E-state index in [0.29, 0.717) is 25.3 Å². The van der Waals surface area contributed by atoms with E-state index in [0.717, 1.165) is 5.75 Å². The van der Waals surface area contributed by atoms with Crippen LogP contribution in [0.3, 0.4) is 0 Å². The van der Waals surface area contributed by atoms with Crippen LogP contribution in [0.5, 0.6) is 0 Å². The maximum Gasteiger partial charge on any atom is 0.235 e. The fourth-order valence-corrected chi connectivity index (χ4v) is 4.47. The number of benzene rings is 1. The lowest BCUT2D eigenvalue weighted by molar-refractivity contribution is -0.129. The van der Waals surface area contributed by atoms with Crippen LogP contribution in [0.2, 0.25) is 0 Å². The van der Waals surface area contributed by atoms with Crippen molar-refractivity contribution in [3.8, 4) is 0 Å². The molecule has 2 aliphatic heterocycles. The van der Waals surface area contributed by atoms with Gasteiger partial charge in [-0.15, -0.1) is 11.8 Å². The number of likely N-dealkylation sites (tertiary alicyclic amines) is 1. The van der Waals surface area contributed by atoms with Crippen molar-refractivity contribution in [2.45, 2.75) is 32.4 Å². The normalized spacial score (nSPS) is 23.2. The van der Waals surface area contributed by atoms with Crippen molar-refractivity contribution in [3.05, 3.63) is 34.9 Å². The predicted octanol–water partition coefficient (Wildman–Crippen LogP) is 1.80. The van der Waals surface area contributed by atoms with Crippen molar-refractivity contribution in [1.29, 1.82) is 0 Å². The molecule has 0 radical (unpaired) electrons. The molecule has 0 saturated carbocycles. The second kappa shape index (κ2) is 6.59. The highest BCUT2D eigenvalue weighted by Gasteiger charge is 2.51. The number of hydrogen-bond acceptors (Lipinski definition) is 4. The second-order valence-electron chi connectivity index (χ2n) is 6.89. The lowest BCUT2D eigenvalue weighted by atomic mass is 9.85. The molecule has 24 heavy (non-hydrogen) atoms. The Kier molecular flexibility index (Phi) is 4.67. The quantitative estimate of drug-likeness (QED) is 0.845. The summed E-state index contributed by atoms with van der Waals surface area (Å²) in [5, 5.41) is 2.36. The molecule has 2 aliphatic rings. The number of nitrogens with zero attached hydrogens (tertiary/aromatic N) is 1. The minimum atomic E-state index is -0.676. The SMILES string of the molecule is Cc1cc(C)cc(CSCC(=O)N2CC[C@@]3(CC(=O)NC3=O)C2)c1. The fourth-order valence-electron chi connectivity index (χ4n) is 3.61. The zero-order valence-corrected chi connectivity index (χ0v) is 14.9. The zero-order valence-electron chi connectivity index (χ0n) is 14.1. The number of imide groups is 1. The molecule has 0 unspecified atom stereocenters. The van der Waals surface area contributed by atoms with E-state index in [1.807, 2.05) is 0 Å². The maximum atomic E-state index is 12.4. The second-order valence-corrected chi connectivity index (χ2v) is 7.87. The largest absolute Gasteiger partial charge is 0.341 e. The molecule has 1 N–H and O–H groups in total. The van der Waals surface area contributed by atoms with E-state index in [2.05, 4.69) is 37.4 Å². The highest BCUT2D eigenvalue weighted by Crippen LogP contribution is 2.37. The summed E-state index contributed by atoms with van der Waals surface area (Å²) >= 11 is 1.59. The highest BCUT2D eigenvalue weighted by molar-refractivity contribution is 7.99. The van der Waals surface area contributed by atoms with E-state index < -0.39 is 5.41 Å². The van der Waals surface area contributed by atoms with Crippen LogP contribution >= 0.6 is 11.8 Å². The number of carbonyl (C=O) groups excluding carboxylic acids is 3. The summed E-state index contributed by atoms with van der Waals surface area (Å²) in [4.78, 5) is 37.5.